The van der Waals surface area contributed by atoms with E-state index >= 15 is 0 Å². The molecule has 2 aromatic carbocycles. The summed E-state index contributed by atoms with van der Waals surface area (Å²) in [4.78, 5) is 21.1. The number of aryl methyl sites for hydroxylation is 2. The molecule has 0 radical (unpaired) electrons. The van der Waals surface area contributed by atoms with Crippen molar-refractivity contribution in [2.75, 3.05) is 5.32 Å². The lowest BCUT2D eigenvalue weighted by atomic mass is 10.1. The first kappa shape index (κ1) is 19.2. The Hall–Kier alpha value is -3.13. The zero-order chi connectivity index (χ0) is 20.7. The number of nitrogens with two attached hydrogens (primary N) is 1. The molecule has 150 valence electrons. The number of aromatic nitrogens is 3. The zero-order valence-electron chi connectivity index (χ0n) is 16.8. The van der Waals surface area contributed by atoms with Crippen molar-refractivity contribution >= 4 is 49.3 Å². The van der Waals surface area contributed by atoms with Crippen LogP contribution in [0.3, 0.4) is 0 Å². The van der Waals surface area contributed by atoms with Gasteiger partial charge in [0.25, 0.3) is 0 Å². The Morgan fingerprint density at radius 2 is 2.07 bits per heavy atom. The molecule has 7 nitrogen and oxygen atoms in total. The van der Waals surface area contributed by atoms with Crippen LogP contribution in [0.5, 0.6) is 5.75 Å². The smallest absolute Gasteiger partial charge is 0.248 e. The third-order valence-electron chi connectivity index (χ3n) is 4.64. The number of thiazole rings is 1. The molecule has 8 heteroatoms. The lowest BCUT2D eigenvalue weighted by molar-refractivity contribution is 0.100. The summed E-state index contributed by atoms with van der Waals surface area (Å²) in [6.07, 6.45) is -0.00755. The van der Waals surface area contributed by atoms with Gasteiger partial charge in [-0.05, 0) is 58.0 Å². The summed E-state index contributed by atoms with van der Waals surface area (Å²) in [6, 6.07) is 9.18. The fourth-order valence-electron chi connectivity index (χ4n) is 3.42. The molecule has 0 aliphatic heterocycles. The maximum Gasteiger partial charge on any atom is 0.248 e. The van der Waals surface area contributed by atoms with Gasteiger partial charge in [0.1, 0.15) is 17.1 Å². The van der Waals surface area contributed by atoms with Gasteiger partial charge >= 0.3 is 0 Å². The standard InChI is InChI=1S/C21H23N5O2S/c1-5-26-12(4)23-14-7-9-17-18(19(14)26)25-21(29-17)24-15-10-13(20(22)27)6-8-16(15)28-11(2)3/h6-11H,5H2,1-4H3,(H2,22,27)(H,24,25). The largest absolute Gasteiger partial charge is 0.489 e. The van der Waals surface area contributed by atoms with Crippen LogP contribution >= 0.6 is 11.3 Å². The van der Waals surface area contributed by atoms with E-state index in [1.54, 1.807) is 29.5 Å². The highest BCUT2D eigenvalue weighted by Crippen LogP contribution is 2.36. The number of carbonyl (C=O) groups is 1. The number of ether oxygens (including phenoxy) is 1. The van der Waals surface area contributed by atoms with Gasteiger partial charge < -0.3 is 20.4 Å². The summed E-state index contributed by atoms with van der Waals surface area (Å²) < 4.78 is 9.12. The number of nitrogens with one attached hydrogen (secondary N) is 1. The van der Waals surface area contributed by atoms with E-state index in [2.05, 4.69) is 21.8 Å². The number of fused-ring (bicyclic) bond motifs is 3. The van der Waals surface area contributed by atoms with Crippen molar-refractivity contribution in [1.82, 2.24) is 14.5 Å². The van der Waals surface area contributed by atoms with Crippen molar-refractivity contribution in [3.05, 3.63) is 41.7 Å². The van der Waals surface area contributed by atoms with E-state index in [0.717, 1.165) is 33.6 Å². The molecule has 0 bridgehead atoms. The first-order chi connectivity index (χ1) is 13.9. The Morgan fingerprint density at radius 3 is 2.76 bits per heavy atom. The summed E-state index contributed by atoms with van der Waals surface area (Å²) in [5.74, 6) is 1.13. The van der Waals surface area contributed by atoms with Gasteiger partial charge in [0.2, 0.25) is 5.91 Å². The Bertz CT molecular complexity index is 1220. The predicted octanol–water partition coefficient (Wildman–Crippen LogP) is 4.60. The second kappa shape index (κ2) is 7.36. The molecule has 0 unspecified atom stereocenters. The highest BCUT2D eigenvalue weighted by Gasteiger charge is 2.16. The molecule has 0 saturated carbocycles. The molecule has 0 aliphatic rings. The lowest BCUT2D eigenvalue weighted by Gasteiger charge is -2.15. The van der Waals surface area contributed by atoms with E-state index in [-0.39, 0.29) is 6.10 Å². The van der Waals surface area contributed by atoms with Crippen molar-refractivity contribution in [1.29, 1.82) is 0 Å². The van der Waals surface area contributed by atoms with Crippen LogP contribution in [0.1, 0.15) is 37.0 Å². The SMILES string of the molecule is CCn1c(C)nc2ccc3sc(Nc4cc(C(N)=O)ccc4OC(C)C)nc3c21. The van der Waals surface area contributed by atoms with E-state index in [9.17, 15) is 4.79 Å². The molecule has 1 amide bonds. The van der Waals surface area contributed by atoms with Gasteiger partial charge in [0.15, 0.2) is 5.13 Å². The molecule has 4 rings (SSSR count). The van der Waals surface area contributed by atoms with Crippen LogP contribution in [-0.2, 0) is 6.54 Å². The van der Waals surface area contributed by atoms with E-state index in [0.29, 0.717) is 22.1 Å². The van der Waals surface area contributed by atoms with E-state index in [1.165, 1.54) is 0 Å². The quantitative estimate of drug-likeness (QED) is 0.485. The van der Waals surface area contributed by atoms with Crippen LogP contribution in [0.15, 0.2) is 30.3 Å². The minimum absolute atomic E-state index is 0.00755. The van der Waals surface area contributed by atoms with Gasteiger partial charge in [0, 0.05) is 12.1 Å². The van der Waals surface area contributed by atoms with Gasteiger partial charge in [0.05, 0.1) is 27.5 Å². The number of hydrogen-bond donors (Lipinski definition) is 2. The Morgan fingerprint density at radius 1 is 1.28 bits per heavy atom. The fraction of sp³-hybridized carbons (Fsp3) is 0.286. The molecule has 2 heterocycles. The van der Waals surface area contributed by atoms with Crippen LogP contribution in [0.2, 0.25) is 0 Å². The summed E-state index contributed by atoms with van der Waals surface area (Å²) >= 11 is 1.54. The van der Waals surface area contributed by atoms with Crippen molar-refractivity contribution in [3.8, 4) is 5.75 Å². The first-order valence-electron chi connectivity index (χ1n) is 9.51. The average Bonchev–Trinajstić information content (AvgIpc) is 3.21. The number of amides is 1. The Balaban J connectivity index is 1.81. The van der Waals surface area contributed by atoms with Crippen molar-refractivity contribution in [3.63, 3.8) is 0 Å². The van der Waals surface area contributed by atoms with E-state index in [1.807, 2.05) is 32.9 Å². The molecule has 4 aromatic rings. The van der Waals surface area contributed by atoms with Crippen LogP contribution in [0.4, 0.5) is 10.8 Å². The van der Waals surface area contributed by atoms with Gasteiger partial charge in [-0.15, -0.1) is 0 Å². The van der Waals surface area contributed by atoms with Gasteiger partial charge in [-0.2, -0.15) is 0 Å². The Labute approximate surface area is 172 Å². The van der Waals surface area contributed by atoms with Crippen LogP contribution in [-0.4, -0.2) is 26.5 Å². The van der Waals surface area contributed by atoms with Gasteiger partial charge in [-0.1, -0.05) is 11.3 Å². The number of primary amides is 1. The maximum atomic E-state index is 11.6. The minimum atomic E-state index is -0.488. The number of hydrogen-bond acceptors (Lipinski definition) is 6. The molecular weight excluding hydrogens is 386 g/mol. The number of benzene rings is 2. The summed E-state index contributed by atoms with van der Waals surface area (Å²) in [6.45, 7) is 8.84. The zero-order valence-corrected chi connectivity index (χ0v) is 17.6. The molecule has 0 fully saturated rings. The lowest BCUT2D eigenvalue weighted by Crippen LogP contribution is -2.12. The summed E-state index contributed by atoms with van der Waals surface area (Å²) in [5, 5.41) is 4.03. The number of anilines is 2. The molecule has 0 aliphatic carbocycles. The second-order valence-corrected chi connectivity index (χ2v) is 8.10. The third-order valence-corrected chi connectivity index (χ3v) is 5.58. The second-order valence-electron chi connectivity index (χ2n) is 7.07. The molecule has 0 saturated heterocycles. The molecule has 2 aromatic heterocycles. The number of nitrogens with zero attached hydrogens (tertiary/aromatic N) is 3. The van der Waals surface area contributed by atoms with E-state index < -0.39 is 5.91 Å². The normalized spacial score (nSPS) is 11.5. The van der Waals surface area contributed by atoms with Gasteiger partial charge in [-0.3, -0.25) is 4.79 Å². The average molecular weight is 410 g/mol. The van der Waals surface area contributed by atoms with Crippen molar-refractivity contribution in [2.45, 2.75) is 40.3 Å². The fourth-order valence-corrected chi connectivity index (χ4v) is 4.30. The molecule has 0 spiro atoms. The third kappa shape index (κ3) is 3.51. The van der Waals surface area contributed by atoms with Crippen molar-refractivity contribution in [2.24, 2.45) is 5.73 Å². The summed E-state index contributed by atoms with van der Waals surface area (Å²) in [5.41, 5.74) is 9.41. The Kier molecular flexibility index (Phi) is 4.87. The monoisotopic (exact) mass is 409 g/mol. The topological polar surface area (TPSA) is 95.1 Å². The number of imidazole rings is 1. The highest BCUT2D eigenvalue weighted by molar-refractivity contribution is 7.22. The molecule has 3 N–H and O–H groups in total. The first-order valence-corrected chi connectivity index (χ1v) is 10.3. The molecular formula is C21H23N5O2S. The maximum absolute atomic E-state index is 11.6. The number of carbonyl (C=O) groups excluding carboxylic acids is 1. The van der Waals surface area contributed by atoms with E-state index in [4.69, 9.17) is 15.5 Å². The molecule has 29 heavy (non-hydrogen) atoms. The van der Waals surface area contributed by atoms with Crippen LogP contribution in [0, 0.1) is 6.92 Å². The minimum Gasteiger partial charge on any atom is -0.489 e. The summed E-state index contributed by atoms with van der Waals surface area (Å²) in [7, 11) is 0. The van der Waals surface area contributed by atoms with Gasteiger partial charge in [-0.25, -0.2) is 9.97 Å². The predicted molar refractivity (Wildman–Crippen MR) is 117 cm³/mol. The van der Waals surface area contributed by atoms with Crippen LogP contribution < -0.4 is 15.8 Å². The van der Waals surface area contributed by atoms with Crippen LogP contribution in [0.25, 0.3) is 21.3 Å². The molecule has 0 atom stereocenters. The highest BCUT2D eigenvalue weighted by atomic mass is 32.1. The van der Waals surface area contributed by atoms with Crippen molar-refractivity contribution < 1.29 is 9.53 Å². The number of rotatable bonds is 6.